The zero-order chi connectivity index (χ0) is 20.9. The van der Waals surface area contributed by atoms with Crippen LogP contribution in [0.5, 0.6) is 11.5 Å². The highest BCUT2D eigenvalue weighted by Crippen LogP contribution is 2.28. The number of benzene rings is 2. The van der Waals surface area contributed by atoms with Crippen molar-refractivity contribution in [3.05, 3.63) is 59.2 Å². The van der Waals surface area contributed by atoms with Crippen LogP contribution in [0.2, 0.25) is 0 Å². The minimum atomic E-state index is -0.229. The number of amides is 1. The van der Waals surface area contributed by atoms with Crippen LogP contribution < -0.4 is 14.9 Å². The van der Waals surface area contributed by atoms with Gasteiger partial charge in [-0.1, -0.05) is 38.8 Å². The lowest BCUT2D eigenvalue weighted by Gasteiger charge is -2.12. The van der Waals surface area contributed by atoms with E-state index < -0.39 is 0 Å². The molecule has 0 fully saturated rings. The first-order chi connectivity index (χ1) is 14.2. The third-order valence-corrected chi connectivity index (χ3v) is 4.44. The normalized spacial score (nSPS) is 10.9. The average molecular weight is 397 g/mol. The Bertz CT molecular complexity index is 785. The lowest BCUT2D eigenvalue weighted by Crippen LogP contribution is -2.17. The van der Waals surface area contributed by atoms with E-state index in [0.29, 0.717) is 24.5 Å². The second kappa shape index (κ2) is 12.6. The average Bonchev–Trinajstić information content (AvgIpc) is 2.74. The van der Waals surface area contributed by atoms with Gasteiger partial charge in [0.05, 0.1) is 19.4 Å². The van der Waals surface area contributed by atoms with Crippen molar-refractivity contribution < 1.29 is 14.3 Å². The van der Waals surface area contributed by atoms with Crippen LogP contribution >= 0.6 is 0 Å². The first-order valence-corrected chi connectivity index (χ1v) is 10.5. The molecule has 0 bridgehead atoms. The predicted molar refractivity (Wildman–Crippen MR) is 118 cm³/mol. The zero-order valence-electron chi connectivity index (χ0n) is 17.7. The van der Waals surface area contributed by atoms with Gasteiger partial charge >= 0.3 is 0 Å². The van der Waals surface area contributed by atoms with Crippen LogP contribution in [0.15, 0.2) is 47.6 Å². The smallest absolute Gasteiger partial charge is 0.271 e. The maximum absolute atomic E-state index is 12.3. The Morgan fingerprint density at radius 2 is 1.72 bits per heavy atom. The van der Waals surface area contributed by atoms with Crippen molar-refractivity contribution in [2.45, 2.75) is 52.9 Å². The Balaban J connectivity index is 1.96. The summed E-state index contributed by atoms with van der Waals surface area (Å²) in [5.41, 5.74) is 5.24. The Kier molecular flexibility index (Phi) is 9.76. The van der Waals surface area contributed by atoms with Gasteiger partial charge in [0.15, 0.2) is 11.5 Å². The van der Waals surface area contributed by atoms with E-state index in [4.69, 9.17) is 9.47 Å². The summed E-state index contributed by atoms with van der Waals surface area (Å²) in [6.45, 7) is 7.45. The number of hydrogen-bond donors (Lipinski definition) is 1. The third-order valence-electron chi connectivity index (χ3n) is 4.44. The number of carbonyl (C=O) groups is 1. The number of nitrogens with zero attached hydrogens (tertiary/aromatic N) is 1. The van der Waals surface area contributed by atoms with Crippen LogP contribution in [0.4, 0.5) is 0 Å². The lowest BCUT2D eigenvalue weighted by atomic mass is 10.1. The largest absolute Gasteiger partial charge is 0.490 e. The molecule has 0 heterocycles. The molecule has 1 amide bonds. The van der Waals surface area contributed by atoms with Crippen molar-refractivity contribution in [1.82, 2.24) is 5.43 Å². The quantitative estimate of drug-likeness (QED) is 0.298. The van der Waals surface area contributed by atoms with Crippen LogP contribution in [0.25, 0.3) is 0 Å². The second-order valence-corrected chi connectivity index (χ2v) is 6.84. The molecule has 0 aliphatic rings. The van der Waals surface area contributed by atoms with Gasteiger partial charge in [-0.25, -0.2) is 5.43 Å². The molecule has 0 aromatic heterocycles. The van der Waals surface area contributed by atoms with Gasteiger partial charge in [-0.2, -0.15) is 5.10 Å². The molecule has 2 aromatic rings. The van der Waals surface area contributed by atoms with E-state index in [1.54, 1.807) is 6.21 Å². The first-order valence-electron chi connectivity index (χ1n) is 10.5. The van der Waals surface area contributed by atoms with Crippen LogP contribution in [-0.2, 0) is 6.42 Å². The van der Waals surface area contributed by atoms with Crippen LogP contribution in [-0.4, -0.2) is 25.3 Å². The Morgan fingerprint density at radius 3 is 2.41 bits per heavy atom. The molecule has 0 saturated heterocycles. The van der Waals surface area contributed by atoms with E-state index >= 15 is 0 Å². The summed E-state index contributed by atoms with van der Waals surface area (Å²) in [7, 11) is 0. The summed E-state index contributed by atoms with van der Waals surface area (Å²) in [4.78, 5) is 12.3. The first kappa shape index (κ1) is 22.5. The minimum absolute atomic E-state index is 0.229. The summed E-state index contributed by atoms with van der Waals surface area (Å²) in [6, 6.07) is 13.3. The molecule has 0 saturated carbocycles. The fraction of sp³-hybridized carbons (Fsp3) is 0.417. The van der Waals surface area contributed by atoms with Gasteiger partial charge in [0, 0.05) is 5.56 Å². The molecule has 156 valence electrons. The molecule has 0 aliphatic heterocycles. The van der Waals surface area contributed by atoms with Crippen molar-refractivity contribution >= 4 is 12.1 Å². The van der Waals surface area contributed by atoms with Crippen molar-refractivity contribution in [3.63, 3.8) is 0 Å². The summed E-state index contributed by atoms with van der Waals surface area (Å²) >= 11 is 0. The highest BCUT2D eigenvalue weighted by atomic mass is 16.5. The van der Waals surface area contributed by atoms with Crippen molar-refractivity contribution in [2.24, 2.45) is 5.10 Å². The van der Waals surface area contributed by atoms with Gasteiger partial charge in [-0.3, -0.25) is 4.79 Å². The maximum atomic E-state index is 12.3. The number of rotatable bonds is 12. The predicted octanol–water partition coefficient (Wildman–Crippen LogP) is 5.37. The van der Waals surface area contributed by atoms with Gasteiger partial charge in [-0.15, -0.1) is 0 Å². The lowest BCUT2D eigenvalue weighted by molar-refractivity contribution is 0.0955. The summed E-state index contributed by atoms with van der Waals surface area (Å²) < 4.78 is 11.5. The molecule has 5 heteroatoms. The number of hydrogen-bond acceptors (Lipinski definition) is 4. The summed E-state index contributed by atoms with van der Waals surface area (Å²) in [5.74, 6) is 1.18. The molecule has 0 spiro atoms. The number of aryl methyl sites for hydroxylation is 1. The van der Waals surface area contributed by atoms with Crippen molar-refractivity contribution in [2.75, 3.05) is 13.2 Å². The standard InChI is InChI=1S/C24H32N2O3/c1-4-7-9-19-10-13-21(14-11-19)24(27)26-25-18-20-12-15-22(29-16-8-5-2)23(17-20)28-6-3/h10-15,17-18H,4-9,16H2,1-3H3,(H,26,27)/b25-18+. The molecule has 0 atom stereocenters. The maximum Gasteiger partial charge on any atom is 0.271 e. The fourth-order valence-corrected chi connectivity index (χ4v) is 2.75. The van der Waals surface area contributed by atoms with Crippen LogP contribution in [0.1, 0.15) is 67.9 Å². The van der Waals surface area contributed by atoms with E-state index in [2.05, 4.69) is 24.4 Å². The zero-order valence-corrected chi connectivity index (χ0v) is 17.7. The second-order valence-electron chi connectivity index (χ2n) is 6.84. The Morgan fingerprint density at radius 1 is 0.966 bits per heavy atom. The van der Waals surface area contributed by atoms with E-state index in [1.807, 2.05) is 49.4 Å². The molecule has 29 heavy (non-hydrogen) atoms. The van der Waals surface area contributed by atoms with E-state index in [1.165, 1.54) is 5.56 Å². The molecule has 0 aliphatic carbocycles. The van der Waals surface area contributed by atoms with Gasteiger partial charge < -0.3 is 9.47 Å². The third kappa shape index (κ3) is 7.60. The molecule has 1 N–H and O–H groups in total. The SMILES string of the molecule is CCCCOc1ccc(/C=N/NC(=O)c2ccc(CCCC)cc2)cc1OCC. The number of unbranched alkanes of at least 4 members (excludes halogenated alkanes) is 2. The number of nitrogens with one attached hydrogen (secondary N) is 1. The topological polar surface area (TPSA) is 59.9 Å². The van der Waals surface area contributed by atoms with Crippen molar-refractivity contribution in [3.8, 4) is 11.5 Å². The van der Waals surface area contributed by atoms with E-state index in [9.17, 15) is 4.79 Å². The number of hydrazone groups is 1. The Labute approximate surface area is 174 Å². The van der Waals surface area contributed by atoms with Gasteiger partial charge in [0.25, 0.3) is 5.91 Å². The molecule has 5 nitrogen and oxygen atoms in total. The molecular weight excluding hydrogens is 364 g/mol. The van der Waals surface area contributed by atoms with Gasteiger partial charge in [-0.05, 0) is 67.6 Å². The van der Waals surface area contributed by atoms with Crippen LogP contribution in [0, 0.1) is 0 Å². The van der Waals surface area contributed by atoms with Crippen LogP contribution in [0.3, 0.4) is 0 Å². The van der Waals surface area contributed by atoms with Gasteiger partial charge in [0.1, 0.15) is 0 Å². The molecule has 2 aromatic carbocycles. The molecule has 0 unspecified atom stereocenters. The summed E-state index contributed by atoms with van der Waals surface area (Å²) in [5, 5.41) is 4.08. The van der Waals surface area contributed by atoms with E-state index in [0.717, 1.165) is 43.4 Å². The van der Waals surface area contributed by atoms with Crippen molar-refractivity contribution in [1.29, 1.82) is 0 Å². The highest BCUT2D eigenvalue weighted by Gasteiger charge is 2.07. The highest BCUT2D eigenvalue weighted by molar-refractivity contribution is 5.94. The fourth-order valence-electron chi connectivity index (χ4n) is 2.75. The number of ether oxygens (including phenoxy) is 2. The van der Waals surface area contributed by atoms with E-state index in [-0.39, 0.29) is 5.91 Å². The van der Waals surface area contributed by atoms with Gasteiger partial charge in [0.2, 0.25) is 0 Å². The molecular formula is C24H32N2O3. The minimum Gasteiger partial charge on any atom is -0.490 e. The summed E-state index contributed by atoms with van der Waals surface area (Å²) in [6.07, 6.45) is 7.04. The molecule has 0 radical (unpaired) electrons. The molecule has 2 rings (SSSR count). The number of carbonyl (C=O) groups excluding carboxylic acids is 1. The Hall–Kier alpha value is -2.82. The monoisotopic (exact) mass is 396 g/mol.